The number of aryl methyl sites for hydroxylation is 2. The molecule has 1 amide bonds. The van der Waals surface area contributed by atoms with E-state index in [1.165, 1.54) is 4.31 Å². The first-order valence-electron chi connectivity index (χ1n) is 9.90. The highest BCUT2D eigenvalue weighted by atomic mass is 32.2. The molecule has 0 saturated carbocycles. The van der Waals surface area contributed by atoms with Gasteiger partial charge in [-0.3, -0.25) is 4.79 Å². The van der Waals surface area contributed by atoms with Gasteiger partial charge < -0.3 is 9.47 Å². The van der Waals surface area contributed by atoms with Crippen molar-refractivity contribution in [1.29, 1.82) is 0 Å². The summed E-state index contributed by atoms with van der Waals surface area (Å²) in [6.45, 7) is 5.48. The van der Waals surface area contributed by atoms with Crippen LogP contribution in [0.25, 0.3) is 5.00 Å². The highest BCUT2D eigenvalue weighted by Gasteiger charge is 2.30. The van der Waals surface area contributed by atoms with Crippen LogP contribution < -0.4 is 0 Å². The fraction of sp³-hybridized carbons (Fsp3) is 0.318. The first-order valence-corrected chi connectivity index (χ1v) is 12.4. The number of carbonyl (C=O) groups excluding carboxylic acids is 1. The third-order valence-corrected chi connectivity index (χ3v) is 8.21. The average Bonchev–Trinajstić information content (AvgIpc) is 3.34. The summed E-state index contributed by atoms with van der Waals surface area (Å²) in [6, 6.07) is 15.1. The van der Waals surface area contributed by atoms with Crippen molar-refractivity contribution >= 4 is 27.3 Å². The van der Waals surface area contributed by atoms with E-state index in [1.54, 1.807) is 16.2 Å². The fourth-order valence-corrected chi connectivity index (χ4v) is 6.37. The summed E-state index contributed by atoms with van der Waals surface area (Å²) in [5.74, 6) is -0.0540. The Morgan fingerprint density at radius 1 is 0.933 bits per heavy atom. The molecule has 3 heterocycles. The summed E-state index contributed by atoms with van der Waals surface area (Å²) in [7, 11) is -3.40. The van der Waals surface area contributed by atoms with Gasteiger partial charge in [-0.2, -0.15) is 4.31 Å². The number of piperazine rings is 1. The lowest BCUT2D eigenvalue weighted by Gasteiger charge is -2.34. The van der Waals surface area contributed by atoms with Crippen molar-refractivity contribution in [3.63, 3.8) is 0 Å². The van der Waals surface area contributed by atoms with Crippen LogP contribution in [0.2, 0.25) is 0 Å². The number of hydrogen-bond acceptors (Lipinski definition) is 4. The Bertz CT molecular complexity index is 1120. The van der Waals surface area contributed by atoms with Crippen LogP contribution in [0.15, 0.2) is 53.9 Å². The molecule has 1 aliphatic heterocycles. The van der Waals surface area contributed by atoms with Crippen molar-refractivity contribution in [2.75, 3.05) is 26.2 Å². The van der Waals surface area contributed by atoms with Crippen LogP contribution in [0.5, 0.6) is 0 Å². The smallest absolute Gasteiger partial charge is 0.256 e. The number of carbonyl (C=O) groups is 1. The first kappa shape index (κ1) is 20.8. The van der Waals surface area contributed by atoms with Crippen LogP contribution >= 0.6 is 11.3 Å². The molecule has 0 atom stereocenters. The van der Waals surface area contributed by atoms with E-state index < -0.39 is 10.0 Å². The van der Waals surface area contributed by atoms with Crippen LogP contribution in [0.3, 0.4) is 0 Å². The Morgan fingerprint density at radius 3 is 2.20 bits per heavy atom. The molecule has 1 saturated heterocycles. The Kier molecular flexibility index (Phi) is 5.81. The van der Waals surface area contributed by atoms with E-state index in [4.69, 9.17) is 0 Å². The largest absolute Gasteiger partial charge is 0.336 e. The number of sulfonamides is 1. The highest BCUT2D eigenvalue weighted by Crippen LogP contribution is 2.27. The van der Waals surface area contributed by atoms with Gasteiger partial charge >= 0.3 is 0 Å². The minimum atomic E-state index is -3.40. The van der Waals surface area contributed by atoms with E-state index in [0.29, 0.717) is 31.7 Å². The minimum Gasteiger partial charge on any atom is -0.336 e. The molecule has 0 N–H and O–H groups in total. The lowest BCUT2D eigenvalue weighted by Crippen LogP contribution is -2.50. The molecule has 0 aliphatic carbocycles. The molecule has 30 heavy (non-hydrogen) atoms. The highest BCUT2D eigenvalue weighted by molar-refractivity contribution is 7.88. The molecule has 3 aromatic rings. The van der Waals surface area contributed by atoms with Gasteiger partial charge in [-0.25, -0.2) is 8.42 Å². The zero-order valence-electron chi connectivity index (χ0n) is 17.1. The van der Waals surface area contributed by atoms with Crippen LogP contribution in [0.1, 0.15) is 27.3 Å². The van der Waals surface area contributed by atoms with Crippen molar-refractivity contribution < 1.29 is 13.2 Å². The molecule has 0 radical (unpaired) electrons. The molecule has 0 spiro atoms. The Balaban J connectivity index is 1.45. The first-order chi connectivity index (χ1) is 14.4. The van der Waals surface area contributed by atoms with Crippen molar-refractivity contribution in [2.24, 2.45) is 0 Å². The van der Waals surface area contributed by atoms with Gasteiger partial charge in [0.1, 0.15) is 5.00 Å². The number of nitrogens with zero attached hydrogens (tertiary/aromatic N) is 3. The van der Waals surface area contributed by atoms with Crippen molar-refractivity contribution in [2.45, 2.75) is 19.6 Å². The molecule has 0 unspecified atom stereocenters. The second-order valence-electron chi connectivity index (χ2n) is 7.52. The van der Waals surface area contributed by atoms with Crippen molar-refractivity contribution in [3.05, 3.63) is 76.4 Å². The fourth-order valence-electron chi connectivity index (χ4n) is 3.84. The van der Waals surface area contributed by atoms with E-state index in [2.05, 4.69) is 4.57 Å². The average molecular weight is 444 g/mol. The summed E-state index contributed by atoms with van der Waals surface area (Å²) in [5.41, 5.74) is 3.61. The van der Waals surface area contributed by atoms with Crippen LogP contribution in [-0.4, -0.2) is 54.3 Å². The molecule has 6 nitrogen and oxygen atoms in total. The molecule has 2 aromatic heterocycles. The van der Waals surface area contributed by atoms with Gasteiger partial charge in [0, 0.05) is 37.6 Å². The normalized spacial score (nSPS) is 15.5. The predicted octanol–water partition coefficient (Wildman–Crippen LogP) is 3.44. The third kappa shape index (κ3) is 4.08. The molecule has 0 bridgehead atoms. The maximum atomic E-state index is 13.2. The van der Waals surface area contributed by atoms with Crippen LogP contribution in [-0.2, 0) is 15.8 Å². The minimum absolute atomic E-state index is 0.0113. The zero-order valence-corrected chi connectivity index (χ0v) is 18.7. The lowest BCUT2D eigenvalue weighted by atomic mass is 10.2. The predicted molar refractivity (Wildman–Crippen MR) is 120 cm³/mol. The number of thiophene rings is 1. The van der Waals surface area contributed by atoms with Gasteiger partial charge in [0.25, 0.3) is 5.91 Å². The van der Waals surface area contributed by atoms with Gasteiger partial charge in [-0.1, -0.05) is 30.3 Å². The van der Waals surface area contributed by atoms with E-state index in [1.807, 2.05) is 67.8 Å². The third-order valence-electron chi connectivity index (χ3n) is 5.46. The van der Waals surface area contributed by atoms with E-state index in [0.717, 1.165) is 22.0 Å². The number of amides is 1. The van der Waals surface area contributed by atoms with Crippen molar-refractivity contribution in [3.8, 4) is 5.00 Å². The number of rotatable bonds is 5. The quantitative estimate of drug-likeness (QED) is 0.607. The monoisotopic (exact) mass is 443 g/mol. The SMILES string of the molecule is Cc1ccc(C)n1-c1sccc1C(=O)N1CCN(S(=O)(=O)Cc2ccccc2)CC1. The lowest BCUT2D eigenvalue weighted by molar-refractivity contribution is 0.0698. The molecule has 1 aromatic carbocycles. The second kappa shape index (κ2) is 8.37. The summed E-state index contributed by atoms with van der Waals surface area (Å²) in [6.07, 6.45) is 0. The van der Waals surface area contributed by atoms with Gasteiger partial charge in [-0.05, 0) is 43.0 Å². The molecule has 158 valence electrons. The number of benzene rings is 1. The van der Waals surface area contributed by atoms with Crippen LogP contribution in [0.4, 0.5) is 0 Å². The van der Waals surface area contributed by atoms with Gasteiger partial charge in [0.15, 0.2) is 0 Å². The Morgan fingerprint density at radius 2 is 1.57 bits per heavy atom. The number of aromatic nitrogens is 1. The number of hydrogen-bond donors (Lipinski definition) is 0. The van der Waals surface area contributed by atoms with Crippen LogP contribution in [0, 0.1) is 13.8 Å². The maximum absolute atomic E-state index is 13.2. The second-order valence-corrected chi connectivity index (χ2v) is 10.4. The van der Waals surface area contributed by atoms with Gasteiger partial charge in [0.05, 0.1) is 11.3 Å². The summed E-state index contributed by atoms with van der Waals surface area (Å²) in [5, 5.41) is 2.85. The van der Waals surface area contributed by atoms with E-state index in [-0.39, 0.29) is 11.7 Å². The van der Waals surface area contributed by atoms with Gasteiger partial charge in [-0.15, -0.1) is 11.3 Å². The molecule has 8 heteroatoms. The summed E-state index contributed by atoms with van der Waals surface area (Å²) < 4.78 is 29.1. The zero-order chi connectivity index (χ0) is 21.3. The maximum Gasteiger partial charge on any atom is 0.256 e. The van der Waals surface area contributed by atoms with Gasteiger partial charge in [0.2, 0.25) is 10.0 Å². The van der Waals surface area contributed by atoms with E-state index >= 15 is 0 Å². The molecule has 1 aliphatic rings. The summed E-state index contributed by atoms with van der Waals surface area (Å²) in [4.78, 5) is 15.0. The molecular weight excluding hydrogens is 418 g/mol. The summed E-state index contributed by atoms with van der Waals surface area (Å²) >= 11 is 1.54. The van der Waals surface area contributed by atoms with Crippen molar-refractivity contribution in [1.82, 2.24) is 13.8 Å². The Hall–Kier alpha value is -2.42. The van der Waals surface area contributed by atoms with E-state index in [9.17, 15) is 13.2 Å². The molecule has 4 rings (SSSR count). The topological polar surface area (TPSA) is 62.6 Å². The Labute approximate surface area is 181 Å². The molecule has 1 fully saturated rings. The standard InChI is InChI=1S/C22H25N3O3S2/c1-17-8-9-18(2)25(17)22-20(10-15-29-22)21(26)23-11-13-24(14-12-23)30(27,28)16-19-6-4-3-5-7-19/h3-10,15H,11-14,16H2,1-2H3. The molecular formula is C22H25N3O3S2.